The van der Waals surface area contributed by atoms with Crippen LogP contribution in [0.1, 0.15) is 47.9 Å². The van der Waals surface area contributed by atoms with Gasteiger partial charge in [-0.25, -0.2) is 0 Å². The third-order valence-corrected chi connectivity index (χ3v) is 7.44. The molecule has 234 valence electrons. The smallest absolute Gasteiger partial charge is 0.143 e. The first kappa shape index (κ1) is 33.2. The Morgan fingerprint density at radius 1 is 0.432 bits per heavy atom. The van der Waals surface area contributed by atoms with Crippen LogP contribution in [0.3, 0.4) is 0 Å². The van der Waals surface area contributed by atoms with Gasteiger partial charge in [0.2, 0.25) is 0 Å². The molecule has 0 aliphatic carbocycles. The first-order chi connectivity index (χ1) is 21.8. The molecule has 0 saturated carbocycles. The van der Waals surface area contributed by atoms with Crippen LogP contribution >= 0.6 is 0 Å². The molecule has 6 nitrogen and oxygen atoms in total. The van der Waals surface area contributed by atoms with E-state index in [9.17, 15) is 0 Å². The van der Waals surface area contributed by atoms with Crippen LogP contribution in [0.25, 0.3) is 0 Å². The lowest BCUT2D eigenvalue weighted by Crippen LogP contribution is -2.33. The Hall–Kier alpha value is -3.68. The van der Waals surface area contributed by atoms with Gasteiger partial charge in [-0.3, -0.25) is 0 Å². The van der Waals surface area contributed by atoms with Crippen molar-refractivity contribution in [1.82, 2.24) is 0 Å². The lowest BCUT2D eigenvalue weighted by atomic mass is 9.80. The average Bonchev–Trinajstić information content (AvgIpc) is 3.09. The molecule has 0 fully saturated rings. The fourth-order valence-electron chi connectivity index (χ4n) is 5.10. The minimum Gasteiger partial charge on any atom is -0.497 e. The molecule has 44 heavy (non-hydrogen) atoms. The van der Waals surface area contributed by atoms with E-state index in [2.05, 4.69) is 48.5 Å². The van der Waals surface area contributed by atoms with Gasteiger partial charge in [0.05, 0.1) is 27.4 Å². The third kappa shape index (κ3) is 9.93. The summed E-state index contributed by atoms with van der Waals surface area (Å²) in [6, 6.07) is 36.8. The number of benzene rings is 4. The second-order valence-electron chi connectivity index (χ2n) is 10.5. The first-order valence-corrected chi connectivity index (χ1v) is 15.5. The van der Waals surface area contributed by atoms with Crippen molar-refractivity contribution in [3.05, 3.63) is 131 Å². The largest absolute Gasteiger partial charge is 0.497 e. The Labute approximate surface area is 262 Å². The molecular formula is C38H46O6. The van der Waals surface area contributed by atoms with E-state index in [1.165, 1.54) is 5.56 Å². The zero-order chi connectivity index (χ0) is 30.7. The van der Waals surface area contributed by atoms with Gasteiger partial charge in [0.1, 0.15) is 17.1 Å². The van der Waals surface area contributed by atoms with Crippen LogP contribution in [-0.2, 0) is 31.2 Å². The van der Waals surface area contributed by atoms with E-state index in [1.54, 1.807) is 14.2 Å². The van der Waals surface area contributed by atoms with Crippen LogP contribution < -0.4 is 9.47 Å². The predicted octanol–water partition coefficient (Wildman–Crippen LogP) is 7.82. The Balaban J connectivity index is 1.21. The molecule has 0 unspecified atom stereocenters. The second kappa shape index (κ2) is 18.9. The van der Waals surface area contributed by atoms with Crippen LogP contribution in [0.15, 0.2) is 109 Å². The van der Waals surface area contributed by atoms with Gasteiger partial charge in [0.25, 0.3) is 0 Å². The van der Waals surface area contributed by atoms with E-state index in [0.29, 0.717) is 33.0 Å². The minimum absolute atomic E-state index is 0.524. The molecule has 0 amide bonds. The number of rotatable bonds is 21. The summed E-state index contributed by atoms with van der Waals surface area (Å²) in [5.41, 5.74) is 3.50. The molecule has 4 aromatic carbocycles. The summed E-state index contributed by atoms with van der Waals surface area (Å²) < 4.78 is 35.2. The highest BCUT2D eigenvalue weighted by atomic mass is 16.5. The number of hydrogen-bond donors (Lipinski definition) is 0. The molecular weight excluding hydrogens is 552 g/mol. The zero-order valence-electron chi connectivity index (χ0n) is 26.1. The van der Waals surface area contributed by atoms with Gasteiger partial charge in [-0.05, 0) is 72.2 Å². The lowest BCUT2D eigenvalue weighted by molar-refractivity contribution is -0.00217. The van der Waals surface area contributed by atoms with E-state index in [1.807, 2.05) is 60.7 Å². The highest BCUT2D eigenvalue weighted by Gasteiger charge is 2.37. The van der Waals surface area contributed by atoms with E-state index in [-0.39, 0.29) is 0 Å². The van der Waals surface area contributed by atoms with E-state index >= 15 is 0 Å². The van der Waals surface area contributed by atoms with Gasteiger partial charge in [-0.1, -0.05) is 84.9 Å². The quantitative estimate of drug-likeness (QED) is 0.0720. The summed E-state index contributed by atoms with van der Waals surface area (Å²) >= 11 is 0. The second-order valence-corrected chi connectivity index (χ2v) is 10.5. The molecule has 0 aliphatic heterocycles. The first-order valence-electron chi connectivity index (χ1n) is 15.5. The number of ether oxygens (including phenoxy) is 6. The Morgan fingerprint density at radius 2 is 0.864 bits per heavy atom. The van der Waals surface area contributed by atoms with Gasteiger partial charge in [-0.2, -0.15) is 0 Å². The third-order valence-electron chi connectivity index (χ3n) is 7.44. The molecule has 0 N–H and O–H groups in total. The van der Waals surface area contributed by atoms with Crippen molar-refractivity contribution >= 4 is 0 Å². The SMILES string of the molecule is COc1ccc(C(OCCCOCCCOCCCCOCc2ccccc2)(c2ccccc2)c2ccc(OC)cc2)cc1. The fraction of sp³-hybridized carbons (Fsp3) is 0.368. The van der Waals surface area contributed by atoms with Crippen LogP contribution in [0, 0.1) is 0 Å². The van der Waals surface area contributed by atoms with Crippen molar-refractivity contribution < 1.29 is 28.4 Å². The topological polar surface area (TPSA) is 55.4 Å². The summed E-state index contributed by atoms with van der Waals surface area (Å²) in [7, 11) is 3.35. The molecule has 4 rings (SSSR count). The normalized spacial score (nSPS) is 11.4. The highest BCUT2D eigenvalue weighted by molar-refractivity contribution is 5.49. The maximum absolute atomic E-state index is 6.86. The highest BCUT2D eigenvalue weighted by Crippen LogP contribution is 2.41. The predicted molar refractivity (Wildman–Crippen MR) is 174 cm³/mol. The fourth-order valence-corrected chi connectivity index (χ4v) is 5.10. The van der Waals surface area contributed by atoms with E-state index in [0.717, 1.165) is 67.1 Å². The molecule has 0 spiro atoms. The van der Waals surface area contributed by atoms with Crippen LogP contribution in [-0.4, -0.2) is 53.9 Å². The minimum atomic E-state index is -0.805. The summed E-state index contributed by atoms with van der Waals surface area (Å²) in [4.78, 5) is 0. The maximum atomic E-state index is 6.86. The number of unbranched alkanes of at least 4 members (excludes halogenated alkanes) is 1. The molecule has 0 radical (unpaired) electrons. The Kier molecular flexibility index (Phi) is 14.2. The van der Waals surface area contributed by atoms with E-state index < -0.39 is 5.60 Å². The molecule has 0 aliphatic rings. The number of hydrogen-bond acceptors (Lipinski definition) is 6. The molecule has 0 heterocycles. The average molecular weight is 599 g/mol. The van der Waals surface area contributed by atoms with Crippen molar-refractivity contribution in [3.63, 3.8) is 0 Å². The number of methoxy groups -OCH3 is 2. The molecule has 6 heteroatoms. The molecule has 0 atom stereocenters. The van der Waals surface area contributed by atoms with Crippen molar-refractivity contribution in [2.24, 2.45) is 0 Å². The van der Waals surface area contributed by atoms with E-state index in [4.69, 9.17) is 28.4 Å². The molecule has 0 aromatic heterocycles. The van der Waals surface area contributed by atoms with Crippen LogP contribution in [0.5, 0.6) is 11.5 Å². The van der Waals surface area contributed by atoms with Crippen molar-refractivity contribution in [1.29, 1.82) is 0 Å². The standard InChI is InChI=1S/C38H46O6/c1-39-36-21-17-34(18-22-36)38(33-15-7-4-8-16-33,35-19-23-37(40-2)24-20-35)44-30-12-29-42-28-11-27-41-25-9-10-26-43-31-32-13-5-3-6-14-32/h3-8,13-24H,9-12,25-31H2,1-2H3. The van der Waals surface area contributed by atoms with Gasteiger partial charge in [0.15, 0.2) is 0 Å². The van der Waals surface area contributed by atoms with Crippen molar-refractivity contribution in [3.8, 4) is 11.5 Å². The maximum Gasteiger partial charge on any atom is 0.143 e. The zero-order valence-corrected chi connectivity index (χ0v) is 26.1. The summed E-state index contributed by atoms with van der Waals surface area (Å²) in [6.45, 7) is 4.69. The van der Waals surface area contributed by atoms with Gasteiger partial charge >= 0.3 is 0 Å². The molecule has 4 aromatic rings. The van der Waals surface area contributed by atoms with Crippen molar-refractivity contribution in [2.45, 2.75) is 37.9 Å². The Morgan fingerprint density at radius 3 is 1.39 bits per heavy atom. The summed E-state index contributed by atoms with van der Waals surface area (Å²) in [5, 5.41) is 0. The monoisotopic (exact) mass is 598 g/mol. The van der Waals surface area contributed by atoms with Gasteiger partial charge in [-0.15, -0.1) is 0 Å². The molecule has 0 saturated heterocycles. The van der Waals surface area contributed by atoms with Crippen LogP contribution in [0.4, 0.5) is 0 Å². The van der Waals surface area contributed by atoms with Crippen molar-refractivity contribution in [2.75, 3.05) is 53.9 Å². The van der Waals surface area contributed by atoms with Crippen LogP contribution in [0.2, 0.25) is 0 Å². The summed E-state index contributed by atoms with van der Waals surface area (Å²) in [5.74, 6) is 1.60. The van der Waals surface area contributed by atoms with Gasteiger partial charge in [0, 0.05) is 33.0 Å². The molecule has 0 bridgehead atoms. The Bertz CT molecular complexity index is 1250. The lowest BCUT2D eigenvalue weighted by Gasteiger charge is -2.36. The van der Waals surface area contributed by atoms with Gasteiger partial charge < -0.3 is 28.4 Å². The summed E-state index contributed by atoms with van der Waals surface area (Å²) in [6.07, 6.45) is 3.64.